The lowest BCUT2D eigenvalue weighted by atomic mass is 10.0. The van der Waals surface area contributed by atoms with Gasteiger partial charge < -0.3 is 9.30 Å². The maximum Gasteiger partial charge on any atom is 0.128 e. The number of methoxy groups -OCH3 is 1. The fourth-order valence-electron chi connectivity index (χ4n) is 3.85. The van der Waals surface area contributed by atoms with Crippen LogP contribution in [0.15, 0.2) is 85.2 Å². The van der Waals surface area contributed by atoms with Gasteiger partial charge in [0.05, 0.1) is 19.1 Å². The average Bonchev–Trinajstić information content (AvgIpc) is 3.18. The lowest BCUT2D eigenvalue weighted by molar-refractivity contribution is 0.416. The Balaban J connectivity index is 1.71. The zero-order valence-electron chi connectivity index (χ0n) is 17.2. The minimum absolute atomic E-state index is 0.342. The first-order valence-corrected chi connectivity index (χ1v) is 10.00. The molecule has 0 amide bonds. The second-order valence-corrected chi connectivity index (χ2v) is 7.53. The van der Waals surface area contributed by atoms with E-state index in [4.69, 9.17) is 9.72 Å². The smallest absolute Gasteiger partial charge is 0.128 e. The summed E-state index contributed by atoms with van der Waals surface area (Å²) in [6, 6.07) is 27.3. The predicted octanol–water partition coefficient (Wildman–Crippen LogP) is 6.40. The van der Waals surface area contributed by atoms with Crippen LogP contribution in [-0.4, -0.2) is 16.7 Å². The Morgan fingerprint density at radius 1 is 0.862 bits per heavy atom. The molecule has 1 aromatic heterocycles. The second-order valence-electron chi connectivity index (χ2n) is 7.53. The molecule has 1 heterocycles. The summed E-state index contributed by atoms with van der Waals surface area (Å²) >= 11 is 0. The molecule has 3 aromatic carbocycles. The van der Waals surface area contributed by atoms with Crippen molar-refractivity contribution in [3.8, 4) is 28.1 Å². The van der Waals surface area contributed by atoms with Crippen LogP contribution in [0.3, 0.4) is 0 Å². The molecule has 0 saturated heterocycles. The van der Waals surface area contributed by atoms with E-state index in [2.05, 4.69) is 73.0 Å². The third-order valence-corrected chi connectivity index (χ3v) is 5.17. The van der Waals surface area contributed by atoms with E-state index < -0.39 is 0 Å². The third-order valence-electron chi connectivity index (χ3n) is 5.17. The first-order valence-electron chi connectivity index (χ1n) is 10.00. The number of aromatic nitrogens is 2. The Kier molecular flexibility index (Phi) is 5.48. The van der Waals surface area contributed by atoms with Gasteiger partial charge in [-0.05, 0) is 40.8 Å². The number of benzene rings is 3. The Labute approximate surface area is 172 Å². The molecular formula is C26H26N2O. The van der Waals surface area contributed by atoms with Crippen LogP contribution < -0.4 is 4.74 Å². The molecule has 3 nitrogen and oxygen atoms in total. The second kappa shape index (κ2) is 8.36. The van der Waals surface area contributed by atoms with Crippen LogP contribution in [0, 0.1) is 0 Å². The molecule has 0 aliphatic rings. The Morgan fingerprint density at radius 2 is 1.59 bits per heavy atom. The highest BCUT2D eigenvalue weighted by Crippen LogP contribution is 2.34. The monoisotopic (exact) mass is 382 g/mol. The van der Waals surface area contributed by atoms with E-state index in [0.717, 1.165) is 23.6 Å². The minimum Gasteiger partial charge on any atom is -0.496 e. The summed E-state index contributed by atoms with van der Waals surface area (Å²) in [6.45, 7) is 5.22. The molecule has 0 unspecified atom stereocenters. The molecule has 0 aliphatic heterocycles. The number of rotatable bonds is 6. The van der Waals surface area contributed by atoms with Crippen molar-refractivity contribution in [3.05, 3.63) is 96.4 Å². The third kappa shape index (κ3) is 3.95. The van der Waals surface area contributed by atoms with E-state index in [0.29, 0.717) is 5.92 Å². The van der Waals surface area contributed by atoms with Crippen LogP contribution in [0.1, 0.15) is 31.0 Å². The molecule has 4 aromatic rings. The van der Waals surface area contributed by atoms with Crippen LogP contribution in [0.4, 0.5) is 0 Å². The lowest BCUT2D eigenvalue weighted by Gasteiger charge is -2.15. The van der Waals surface area contributed by atoms with Gasteiger partial charge in [0.25, 0.3) is 0 Å². The maximum absolute atomic E-state index is 5.58. The quantitative estimate of drug-likeness (QED) is 0.386. The fourth-order valence-corrected chi connectivity index (χ4v) is 3.85. The summed E-state index contributed by atoms with van der Waals surface area (Å²) < 4.78 is 7.84. The van der Waals surface area contributed by atoms with Gasteiger partial charge in [-0.2, -0.15) is 0 Å². The van der Waals surface area contributed by atoms with Gasteiger partial charge in [0.1, 0.15) is 5.75 Å². The zero-order chi connectivity index (χ0) is 20.2. The Hall–Kier alpha value is -3.33. The van der Waals surface area contributed by atoms with Crippen LogP contribution in [0.2, 0.25) is 0 Å². The molecule has 146 valence electrons. The van der Waals surface area contributed by atoms with Crippen LogP contribution in [-0.2, 0) is 6.54 Å². The number of imidazole rings is 1. The Bertz CT molecular complexity index is 1100. The maximum atomic E-state index is 5.58. The largest absolute Gasteiger partial charge is 0.496 e. The summed E-state index contributed by atoms with van der Waals surface area (Å²) in [7, 11) is 1.71. The molecule has 0 bridgehead atoms. The summed E-state index contributed by atoms with van der Waals surface area (Å²) in [6.07, 6.45) is 1.95. The van der Waals surface area contributed by atoms with Gasteiger partial charge in [-0.3, -0.25) is 0 Å². The van der Waals surface area contributed by atoms with E-state index in [9.17, 15) is 0 Å². The highest BCUT2D eigenvalue weighted by Gasteiger charge is 2.19. The zero-order valence-corrected chi connectivity index (χ0v) is 17.2. The van der Waals surface area contributed by atoms with E-state index >= 15 is 0 Å². The predicted molar refractivity (Wildman–Crippen MR) is 119 cm³/mol. The van der Waals surface area contributed by atoms with Crippen molar-refractivity contribution in [2.45, 2.75) is 26.3 Å². The SMILES string of the molecule is COc1ccccc1-c1ncn(Cc2cccc(-c3ccccc3)c2)c1C(C)C. The Morgan fingerprint density at radius 3 is 2.34 bits per heavy atom. The molecule has 0 fully saturated rings. The van der Waals surface area contributed by atoms with Crippen molar-refractivity contribution in [3.63, 3.8) is 0 Å². The van der Waals surface area contributed by atoms with Crippen LogP contribution in [0.25, 0.3) is 22.4 Å². The fraction of sp³-hybridized carbons (Fsp3) is 0.192. The highest BCUT2D eigenvalue weighted by atomic mass is 16.5. The normalized spacial score (nSPS) is 11.0. The first kappa shape index (κ1) is 19.0. The van der Waals surface area contributed by atoms with Gasteiger partial charge >= 0.3 is 0 Å². The summed E-state index contributed by atoms with van der Waals surface area (Å²) in [5, 5.41) is 0. The molecule has 0 atom stereocenters. The van der Waals surface area contributed by atoms with Gasteiger partial charge in [0.2, 0.25) is 0 Å². The van der Waals surface area contributed by atoms with Crippen molar-refractivity contribution < 1.29 is 4.74 Å². The first-order chi connectivity index (χ1) is 14.2. The lowest BCUT2D eigenvalue weighted by Crippen LogP contribution is -2.06. The van der Waals surface area contributed by atoms with Crippen LogP contribution >= 0.6 is 0 Å². The minimum atomic E-state index is 0.342. The van der Waals surface area contributed by atoms with Crippen molar-refractivity contribution in [2.24, 2.45) is 0 Å². The van der Waals surface area contributed by atoms with Gasteiger partial charge in [0, 0.05) is 17.8 Å². The standard InChI is InChI=1S/C26H26N2O/c1-19(2)26-25(23-14-7-8-15-24(23)29-3)27-18-28(26)17-20-10-9-13-22(16-20)21-11-5-4-6-12-21/h4-16,18-19H,17H2,1-3H3. The van der Waals surface area contributed by atoms with E-state index in [1.165, 1.54) is 22.4 Å². The summed E-state index contributed by atoms with van der Waals surface area (Å²) in [5.41, 5.74) is 6.99. The number of hydrogen-bond donors (Lipinski definition) is 0. The molecule has 29 heavy (non-hydrogen) atoms. The van der Waals surface area contributed by atoms with Gasteiger partial charge in [0.15, 0.2) is 0 Å². The topological polar surface area (TPSA) is 27.1 Å². The molecule has 0 saturated carbocycles. The number of nitrogens with zero attached hydrogens (tertiary/aromatic N) is 2. The van der Waals surface area contributed by atoms with Crippen LogP contribution in [0.5, 0.6) is 5.75 Å². The number of ether oxygens (including phenoxy) is 1. The van der Waals surface area contributed by atoms with E-state index in [1.807, 2.05) is 30.6 Å². The van der Waals surface area contributed by atoms with Crippen molar-refractivity contribution in [2.75, 3.05) is 7.11 Å². The van der Waals surface area contributed by atoms with E-state index in [-0.39, 0.29) is 0 Å². The van der Waals surface area contributed by atoms with Gasteiger partial charge in [-0.15, -0.1) is 0 Å². The summed E-state index contributed by atoms with van der Waals surface area (Å²) in [4.78, 5) is 4.78. The van der Waals surface area contributed by atoms with Crippen molar-refractivity contribution in [1.29, 1.82) is 0 Å². The average molecular weight is 383 g/mol. The van der Waals surface area contributed by atoms with E-state index in [1.54, 1.807) is 7.11 Å². The molecule has 0 aliphatic carbocycles. The molecule has 3 heteroatoms. The number of para-hydroxylation sites is 1. The van der Waals surface area contributed by atoms with Crippen molar-refractivity contribution >= 4 is 0 Å². The molecule has 0 N–H and O–H groups in total. The van der Waals surface area contributed by atoms with Gasteiger partial charge in [-0.25, -0.2) is 4.98 Å². The van der Waals surface area contributed by atoms with Gasteiger partial charge in [-0.1, -0.05) is 74.5 Å². The molecule has 0 radical (unpaired) electrons. The summed E-state index contributed by atoms with van der Waals surface area (Å²) in [5.74, 6) is 1.19. The van der Waals surface area contributed by atoms with Crippen molar-refractivity contribution in [1.82, 2.24) is 9.55 Å². The molecule has 4 rings (SSSR count). The highest BCUT2D eigenvalue weighted by molar-refractivity contribution is 5.70. The number of hydrogen-bond acceptors (Lipinski definition) is 2. The molecule has 0 spiro atoms. The molecular weight excluding hydrogens is 356 g/mol.